The van der Waals surface area contributed by atoms with E-state index >= 15 is 0 Å². The van der Waals surface area contributed by atoms with E-state index in [-0.39, 0.29) is 60.3 Å². The quantitative estimate of drug-likeness (QED) is 0.453. The highest BCUT2D eigenvalue weighted by molar-refractivity contribution is 7.89. The molecule has 4 aliphatic carbocycles. The molecule has 4 bridgehead atoms. The lowest BCUT2D eigenvalue weighted by atomic mass is 9.49. The van der Waals surface area contributed by atoms with Crippen LogP contribution in [0.2, 0.25) is 0 Å². The fourth-order valence-corrected chi connectivity index (χ4v) is 8.83. The van der Waals surface area contributed by atoms with Gasteiger partial charge in [0.25, 0.3) is 5.91 Å². The molecular weight excluding hydrogens is 468 g/mol. The number of carbonyl (C=O) groups excluding carboxylic acids is 2. The van der Waals surface area contributed by atoms with Gasteiger partial charge in [0.05, 0.1) is 29.1 Å². The number of benzene rings is 1. The lowest BCUT2D eigenvalue weighted by Gasteiger charge is -2.55. The number of rotatable bonds is 7. The van der Waals surface area contributed by atoms with Gasteiger partial charge in [0.15, 0.2) is 0 Å². The fraction of sp³-hybridized carbons (Fsp3) is 0.692. The molecule has 1 saturated heterocycles. The fourth-order valence-electron chi connectivity index (χ4n) is 7.20. The van der Waals surface area contributed by atoms with Crippen molar-refractivity contribution in [2.75, 3.05) is 26.2 Å². The van der Waals surface area contributed by atoms with Gasteiger partial charge in [0.2, 0.25) is 10.0 Å². The summed E-state index contributed by atoms with van der Waals surface area (Å²) in [4.78, 5) is 25.7. The molecule has 2 unspecified atom stereocenters. The van der Waals surface area contributed by atoms with E-state index in [4.69, 9.17) is 9.47 Å². The first-order valence-electron chi connectivity index (χ1n) is 12.9. The van der Waals surface area contributed by atoms with Gasteiger partial charge in [-0.1, -0.05) is 6.07 Å². The summed E-state index contributed by atoms with van der Waals surface area (Å²) in [6.45, 7) is 4.55. The number of ether oxygens (including phenoxy) is 2. The topological polar surface area (TPSA) is 102 Å². The third-order valence-electron chi connectivity index (χ3n) is 8.21. The largest absolute Gasteiger partial charge is 0.463 e. The zero-order chi connectivity index (χ0) is 24.8. The molecular formula is C26H36N2O6S. The molecule has 1 aromatic rings. The predicted molar refractivity (Wildman–Crippen MR) is 129 cm³/mol. The Hall–Kier alpha value is -1.97. The minimum Gasteiger partial charge on any atom is -0.463 e. The van der Waals surface area contributed by atoms with Gasteiger partial charge in [0, 0.05) is 18.7 Å². The van der Waals surface area contributed by atoms with Crippen LogP contribution >= 0.6 is 0 Å². The van der Waals surface area contributed by atoms with E-state index < -0.39 is 15.9 Å². The Morgan fingerprint density at radius 1 is 1.06 bits per heavy atom. The number of carbonyl (C=O) groups is 2. The number of amides is 1. The molecule has 0 spiro atoms. The van der Waals surface area contributed by atoms with Gasteiger partial charge >= 0.3 is 5.97 Å². The van der Waals surface area contributed by atoms with Crippen LogP contribution in [0.5, 0.6) is 0 Å². The standard InChI is InChI=1S/C26H36N2O6S/c1-17-15-28(16-18(2)34-17)35(31,32)23-5-3-4-22(11-23)24(29)27-6-7-33-25(30)26-12-19-8-20(13-26)10-21(9-19)14-26/h3-5,11,17-21H,6-10,12-16H2,1-2H3,(H,27,29). The smallest absolute Gasteiger partial charge is 0.312 e. The summed E-state index contributed by atoms with van der Waals surface area (Å²) in [7, 11) is -3.74. The Labute approximate surface area is 207 Å². The SMILES string of the molecule is CC1CN(S(=O)(=O)c2cccc(C(=O)NCCOC(=O)C34CC5CC(CC(C5)C3)C4)c2)CC(C)O1. The van der Waals surface area contributed by atoms with E-state index in [1.54, 1.807) is 12.1 Å². The second kappa shape index (κ2) is 9.48. The van der Waals surface area contributed by atoms with Crippen molar-refractivity contribution < 1.29 is 27.5 Å². The van der Waals surface area contributed by atoms with E-state index in [1.807, 2.05) is 13.8 Å². The second-order valence-corrected chi connectivity index (χ2v) is 13.1. The van der Waals surface area contributed by atoms with Crippen LogP contribution in [0.1, 0.15) is 62.7 Å². The number of morpholine rings is 1. The van der Waals surface area contributed by atoms with Gasteiger partial charge < -0.3 is 14.8 Å². The van der Waals surface area contributed by atoms with Crippen molar-refractivity contribution in [1.82, 2.24) is 9.62 Å². The lowest BCUT2D eigenvalue weighted by Crippen LogP contribution is -2.50. The predicted octanol–water partition coefficient (Wildman–Crippen LogP) is 2.97. The highest BCUT2D eigenvalue weighted by Gasteiger charge is 2.55. The van der Waals surface area contributed by atoms with Crippen molar-refractivity contribution in [1.29, 1.82) is 0 Å². The molecule has 4 saturated carbocycles. The molecule has 1 N–H and O–H groups in total. The van der Waals surface area contributed by atoms with Crippen LogP contribution in [0.4, 0.5) is 0 Å². The molecule has 0 aromatic heterocycles. The summed E-state index contributed by atoms with van der Waals surface area (Å²) in [6.07, 6.45) is 6.26. The van der Waals surface area contributed by atoms with Crippen molar-refractivity contribution in [3.63, 3.8) is 0 Å². The molecule has 2 atom stereocenters. The van der Waals surface area contributed by atoms with Gasteiger partial charge in [-0.3, -0.25) is 9.59 Å². The number of sulfonamides is 1. The second-order valence-electron chi connectivity index (χ2n) is 11.2. The van der Waals surface area contributed by atoms with Crippen LogP contribution in [0, 0.1) is 23.2 Å². The van der Waals surface area contributed by atoms with E-state index in [0.29, 0.717) is 17.8 Å². The van der Waals surface area contributed by atoms with Gasteiger partial charge in [-0.15, -0.1) is 0 Å². The summed E-state index contributed by atoms with van der Waals surface area (Å²) in [5.41, 5.74) is -0.0523. The Bertz CT molecular complexity index is 1040. The average molecular weight is 505 g/mol. The molecule has 1 amide bonds. The summed E-state index contributed by atoms with van der Waals surface area (Å²) < 4.78 is 38.9. The van der Waals surface area contributed by atoms with Crippen LogP contribution in [-0.4, -0.2) is 63.0 Å². The third kappa shape index (κ3) is 5.00. The average Bonchev–Trinajstić information content (AvgIpc) is 2.80. The molecule has 35 heavy (non-hydrogen) atoms. The maximum Gasteiger partial charge on any atom is 0.312 e. The zero-order valence-electron chi connectivity index (χ0n) is 20.6. The summed E-state index contributed by atoms with van der Waals surface area (Å²) >= 11 is 0. The minimum absolute atomic E-state index is 0.0831. The summed E-state index contributed by atoms with van der Waals surface area (Å²) in [5, 5.41) is 2.76. The van der Waals surface area contributed by atoms with Crippen LogP contribution in [0.3, 0.4) is 0 Å². The molecule has 1 aliphatic heterocycles. The van der Waals surface area contributed by atoms with Crippen molar-refractivity contribution in [2.45, 2.75) is 69.5 Å². The van der Waals surface area contributed by atoms with Crippen LogP contribution in [0.15, 0.2) is 29.2 Å². The van der Waals surface area contributed by atoms with Crippen molar-refractivity contribution in [3.05, 3.63) is 29.8 Å². The molecule has 1 aromatic carbocycles. The summed E-state index contributed by atoms with van der Waals surface area (Å²) in [6, 6.07) is 6.06. The van der Waals surface area contributed by atoms with Crippen LogP contribution < -0.4 is 5.32 Å². The molecule has 8 nitrogen and oxygen atoms in total. The number of hydrogen-bond acceptors (Lipinski definition) is 6. The lowest BCUT2D eigenvalue weighted by molar-refractivity contribution is -0.171. The highest BCUT2D eigenvalue weighted by atomic mass is 32.2. The van der Waals surface area contributed by atoms with E-state index in [1.165, 1.54) is 35.7 Å². The van der Waals surface area contributed by atoms with Crippen molar-refractivity contribution in [2.24, 2.45) is 23.2 Å². The molecule has 9 heteroatoms. The first-order valence-corrected chi connectivity index (χ1v) is 14.3. The Kier molecular flexibility index (Phi) is 6.70. The number of nitrogens with zero attached hydrogens (tertiary/aromatic N) is 1. The zero-order valence-corrected chi connectivity index (χ0v) is 21.4. The molecule has 0 radical (unpaired) electrons. The van der Waals surface area contributed by atoms with E-state index in [9.17, 15) is 18.0 Å². The molecule has 5 aliphatic rings. The Morgan fingerprint density at radius 3 is 2.26 bits per heavy atom. The van der Waals surface area contributed by atoms with Gasteiger partial charge in [-0.25, -0.2) is 8.42 Å². The maximum absolute atomic E-state index is 13.1. The van der Waals surface area contributed by atoms with E-state index in [0.717, 1.165) is 19.3 Å². The number of nitrogens with one attached hydrogen (secondary N) is 1. The van der Waals surface area contributed by atoms with Crippen LogP contribution in [0.25, 0.3) is 0 Å². The van der Waals surface area contributed by atoms with Gasteiger partial charge in [0.1, 0.15) is 6.61 Å². The van der Waals surface area contributed by atoms with Gasteiger partial charge in [-0.05, 0) is 88.3 Å². The normalized spacial score (nSPS) is 34.5. The first kappa shape index (κ1) is 24.7. The summed E-state index contributed by atoms with van der Waals surface area (Å²) in [5.74, 6) is 1.51. The number of hydrogen-bond donors (Lipinski definition) is 1. The highest BCUT2D eigenvalue weighted by Crippen LogP contribution is 2.60. The molecule has 1 heterocycles. The molecule has 6 rings (SSSR count). The Balaban J connectivity index is 1.15. The minimum atomic E-state index is -3.74. The first-order chi connectivity index (χ1) is 16.6. The van der Waals surface area contributed by atoms with E-state index in [2.05, 4.69) is 5.32 Å². The van der Waals surface area contributed by atoms with Crippen molar-refractivity contribution in [3.8, 4) is 0 Å². The monoisotopic (exact) mass is 504 g/mol. The third-order valence-corrected chi connectivity index (χ3v) is 10.0. The van der Waals surface area contributed by atoms with Crippen molar-refractivity contribution >= 4 is 21.9 Å². The molecule has 5 fully saturated rings. The van der Waals surface area contributed by atoms with Crippen LogP contribution in [-0.2, 0) is 24.3 Å². The molecule has 192 valence electrons. The Morgan fingerprint density at radius 2 is 1.66 bits per heavy atom. The number of esters is 1. The van der Waals surface area contributed by atoms with Gasteiger partial charge in [-0.2, -0.15) is 4.31 Å². The maximum atomic E-state index is 13.1.